The van der Waals surface area contributed by atoms with Crippen LogP contribution in [0.25, 0.3) is 10.9 Å². The Morgan fingerprint density at radius 3 is 2.83 bits per heavy atom. The molecule has 0 radical (unpaired) electrons. The molecule has 2 aromatic rings. The molecule has 1 aromatic carbocycles. The number of fused-ring (bicyclic) bond motifs is 1. The number of unbranched alkanes of at least 4 members (excludes halogenated alkanes) is 1. The molecule has 2 rings (SSSR count). The average Bonchev–Trinajstić information content (AvgIpc) is 2.43. The van der Waals surface area contributed by atoms with Crippen molar-refractivity contribution in [2.24, 2.45) is 0 Å². The van der Waals surface area contributed by atoms with Crippen LogP contribution in [0.2, 0.25) is 0 Å². The zero-order valence-corrected chi connectivity index (χ0v) is 11.7. The van der Waals surface area contributed by atoms with Crippen molar-refractivity contribution in [3.05, 3.63) is 36.0 Å². The van der Waals surface area contributed by atoms with Gasteiger partial charge in [0.25, 0.3) is 0 Å². The molecular weight excluding hydrogens is 294 g/mol. The number of halogens is 1. The molecular formula is C14H16BrNO2. The minimum Gasteiger partial charge on any atom is -0.493 e. The van der Waals surface area contributed by atoms with E-state index in [1.807, 2.05) is 30.3 Å². The third kappa shape index (κ3) is 3.21. The van der Waals surface area contributed by atoms with Crippen LogP contribution in [-0.2, 0) is 6.61 Å². The van der Waals surface area contributed by atoms with Crippen LogP contribution in [0.15, 0.2) is 30.3 Å². The lowest BCUT2D eigenvalue weighted by Crippen LogP contribution is -2.00. The third-order valence-electron chi connectivity index (χ3n) is 2.68. The summed E-state index contributed by atoms with van der Waals surface area (Å²) in [5.41, 5.74) is 1.50. The smallest absolute Gasteiger partial charge is 0.130 e. The molecule has 4 heteroatoms. The van der Waals surface area contributed by atoms with Gasteiger partial charge in [-0.05, 0) is 25.0 Å². The first-order valence-electron chi connectivity index (χ1n) is 6.03. The molecule has 3 nitrogen and oxygen atoms in total. The third-order valence-corrected chi connectivity index (χ3v) is 3.24. The van der Waals surface area contributed by atoms with Crippen molar-refractivity contribution in [2.75, 3.05) is 11.9 Å². The molecule has 0 fully saturated rings. The van der Waals surface area contributed by atoms with Gasteiger partial charge in [-0.25, -0.2) is 0 Å². The Bertz CT molecular complexity index is 516. The Labute approximate surface area is 115 Å². The number of rotatable bonds is 6. The Morgan fingerprint density at radius 2 is 2.06 bits per heavy atom. The summed E-state index contributed by atoms with van der Waals surface area (Å²) in [5.74, 6) is 0.805. The van der Waals surface area contributed by atoms with Crippen molar-refractivity contribution in [3.63, 3.8) is 0 Å². The first kappa shape index (κ1) is 13.3. The minimum atomic E-state index is -0.0669. The van der Waals surface area contributed by atoms with Crippen LogP contribution in [0.5, 0.6) is 5.75 Å². The topological polar surface area (TPSA) is 42.4 Å². The predicted molar refractivity (Wildman–Crippen MR) is 76.2 cm³/mol. The molecule has 18 heavy (non-hydrogen) atoms. The van der Waals surface area contributed by atoms with E-state index in [0.29, 0.717) is 12.3 Å². The van der Waals surface area contributed by atoms with Crippen LogP contribution in [0.3, 0.4) is 0 Å². The second-order valence-electron chi connectivity index (χ2n) is 4.03. The maximum atomic E-state index is 9.21. The normalized spacial score (nSPS) is 10.8. The molecule has 0 saturated carbocycles. The molecule has 1 heterocycles. The molecule has 0 unspecified atom stereocenters. The van der Waals surface area contributed by atoms with Gasteiger partial charge in [0.05, 0.1) is 24.4 Å². The molecule has 1 N–H and O–H groups in total. The number of pyridine rings is 1. The fraction of sp³-hybridized carbons (Fsp3) is 0.357. The first-order chi connectivity index (χ1) is 8.85. The molecule has 0 aliphatic heterocycles. The van der Waals surface area contributed by atoms with E-state index in [1.165, 1.54) is 0 Å². The molecule has 0 atom stereocenters. The van der Waals surface area contributed by atoms with Crippen molar-refractivity contribution in [1.29, 1.82) is 0 Å². The number of hydrogen-bond donors (Lipinski definition) is 1. The van der Waals surface area contributed by atoms with Crippen molar-refractivity contribution in [1.82, 2.24) is 4.98 Å². The molecule has 0 spiro atoms. The maximum absolute atomic E-state index is 9.21. The SMILES string of the molecule is OCc1cc(OCCCCBr)c2ccccc2n1. The lowest BCUT2D eigenvalue weighted by atomic mass is 10.2. The number of aliphatic hydroxyl groups excluding tert-OH is 1. The van der Waals surface area contributed by atoms with Gasteiger partial charge in [-0.1, -0.05) is 28.1 Å². The monoisotopic (exact) mass is 309 g/mol. The predicted octanol–water partition coefficient (Wildman–Crippen LogP) is 3.28. The molecule has 1 aromatic heterocycles. The van der Waals surface area contributed by atoms with Crippen LogP contribution >= 0.6 is 15.9 Å². The van der Waals surface area contributed by atoms with Gasteiger partial charge in [0.15, 0.2) is 0 Å². The summed E-state index contributed by atoms with van der Waals surface area (Å²) >= 11 is 3.40. The number of aliphatic hydroxyl groups is 1. The first-order valence-corrected chi connectivity index (χ1v) is 7.15. The van der Waals surface area contributed by atoms with Crippen molar-refractivity contribution >= 4 is 26.8 Å². The number of alkyl halides is 1. The number of benzene rings is 1. The van der Waals surface area contributed by atoms with Crippen LogP contribution in [0.4, 0.5) is 0 Å². The van der Waals surface area contributed by atoms with E-state index in [-0.39, 0.29) is 6.61 Å². The molecule has 96 valence electrons. The van der Waals surface area contributed by atoms with E-state index in [2.05, 4.69) is 20.9 Å². The number of nitrogens with zero attached hydrogens (tertiary/aromatic N) is 1. The quantitative estimate of drug-likeness (QED) is 0.658. The van der Waals surface area contributed by atoms with Gasteiger partial charge in [0.2, 0.25) is 0 Å². The van der Waals surface area contributed by atoms with Crippen LogP contribution in [0.1, 0.15) is 18.5 Å². The summed E-state index contributed by atoms with van der Waals surface area (Å²) in [5, 5.41) is 11.2. The summed E-state index contributed by atoms with van der Waals surface area (Å²) in [7, 11) is 0. The Hall–Kier alpha value is -1.13. The Balaban J connectivity index is 2.23. The van der Waals surface area contributed by atoms with Crippen LogP contribution < -0.4 is 4.74 Å². The lowest BCUT2D eigenvalue weighted by molar-refractivity contribution is 0.274. The summed E-state index contributed by atoms with van der Waals surface area (Å²) in [4.78, 5) is 4.36. The highest BCUT2D eigenvalue weighted by Gasteiger charge is 2.05. The van der Waals surface area contributed by atoms with Gasteiger partial charge in [-0.2, -0.15) is 0 Å². The van der Waals surface area contributed by atoms with E-state index in [0.717, 1.165) is 34.8 Å². The standard InChI is InChI=1S/C14H16BrNO2/c15-7-3-4-8-18-14-9-11(10-17)16-13-6-2-1-5-12(13)14/h1-2,5-6,9,17H,3-4,7-8,10H2. The van der Waals surface area contributed by atoms with Crippen molar-refractivity contribution in [3.8, 4) is 5.75 Å². The highest BCUT2D eigenvalue weighted by molar-refractivity contribution is 9.09. The molecule has 0 aliphatic rings. The van der Waals surface area contributed by atoms with Gasteiger partial charge in [0.1, 0.15) is 5.75 Å². The van der Waals surface area contributed by atoms with E-state index < -0.39 is 0 Å². The number of aromatic nitrogens is 1. The van der Waals surface area contributed by atoms with E-state index in [1.54, 1.807) is 0 Å². The van der Waals surface area contributed by atoms with Gasteiger partial charge in [0, 0.05) is 16.8 Å². The van der Waals surface area contributed by atoms with E-state index >= 15 is 0 Å². The van der Waals surface area contributed by atoms with E-state index in [9.17, 15) is 5.11 Å². The van der Waals surface area contributed by atoms with Crippen LogP contribution in [-0.4, -0.2) is 22.0 Å². The van der Waals surface area contributed by atoms with E-state index in [4.69, 9.17) is 4.74 Å². The molecule has 0 bridgehead atoms. The molecule has 0 aliphatic carbocycles. The minimum absolute atomic E-state index is 0.0669. The Kier molecular flexibility index (Phi) is 4.96. The van der Waals surface area contributed by atoms with Crippen molar-refractivity contribution in [2.45, 2.75) is 19.4 Å². The number of hydrogen-bond acceptors (Lipinski definition) is 3. The van der Waals surface area contributed by atoms with Gasteiger partial charge in [-0.3, -0.25) is 4.98 Å². The zero-order valence-electron chi connectivity index (χ0n) is 10.1. The van der Waals surface area contributed by atoms with Gasteiger partial charge < -0.3 is 9.84 Å². The second-order valence-corrected chi connectivity index (χ2v) is 4.82. The molecule has 0 amide bonds. The van der Waals surface area contributed by atoms with Crippen molar-refractivity contribution < 1.29 is 9.84 Å². The van der Waals surface area contributed by atoms with Gasteiger partial charge in [-0.15, -0.1) is 0 Å². The van der Waals surface area contributed by atoms with Gasteiger partial charge >= 0.3 is 0 Å². The average molecular weight is 310 g/mol. The second kappa shape index (κ2) is 6.71. The number of ether oxygens (including phenoxy) is 1. The fourth-order valence-electron chi connectivity index (χ4n) is 1.77. The van der Waals surface area contributed by atoms with Crippen LogP contribution in [0, 0.1) is 0 Å². The number of para-hydroxylation sites is 1. The molecule has 0 saturated heterocycles. The summed E-state index contributed by atoms with van der Waals surface area (Å²) in [6.07, 6.45) is 2.10. The fourth-order valence-corrected chi connectivity index (χ4v) is 2.17. The Morgan fingerprint density at radius 1 is 1.22 bits per heavy atom. The maximum Gasteiger partial charge on any atom is 0.130 e. The highest BCUT2D eigenvalue weighted by Crippen LogP contribution is 2.25. The summed E-state index contributed by atoms with van der Waals surface area (Å²) < 4.78 is 5.79. The highest BCUT2D eigenvalue weighted by atomic mass is 79.9. The zero-order chi connectivity index (χ0) is 12.8. The summed E-state index contributed by atoms with van der Waals surface area (Å²) in [6.45, 7) is 0.618. The lowest BCUT2D eigenvalue weighted by Gasteiger charge is -2.10. The summed E-state index contributed by atoms with van der Waals surface area (Å²) in [6, 6.07) is 9.64. The largest absolute Gasteiger partial charge is 0.493 e.